The van der Waals surface area contributed by atoms with E-state index >= 15 is 0 Å². The average molecular weight is 510 g/mol. The lowest BCUT2D eigenvalue weighted by Gasteiger charge is -2.38. The molecule has 2 fully saturated rings. The summed E-state index contributed by atoms with van der Waals surface area (Å²) in [6, 6.07) is 15.2. The van der Waals surface area contributed by atoms with E-state index in [1.165, 1.54) is 9.87 Å². The molecule has 2 aromatic carbocycles. The molecule has 1 amide bonds. The van der Waals surface area contributed by atoms with Crippen molar-refractivity contribution < 1.29 is 13.2 Å². The summed E-state index contributed by atoms with van der Waals surface area (Å²) >= 11 is 12.0. The van der Waals surface area contributed by atoms with Crippen molar-refractivity contribution in [1.29, 1.82) is 0 Å². The number of amides is 1. The zero-order valence-electron chi connectivity index (χ0n) is 18.5. The van der Waals surface area contributed by atoms with Crippen LogP contribution in [0.1, 0.15) is 24.0 Å². The normalized spacial score (nSPS) is 20.7. The summed E-state index contributed by atoms with van der Waals surface area (Å²) in [6.07, 6.45) is 1.41. The van der Waals surface area contributed by atoms with Gasteiger partial charge in [0, 0.05) is 45.8 Å². The molecule has 2 aromatic rings. The maximum Gasteiger partial charge on any atom is 0.227 e. The minimum Gasteiger partial charge on any atom is -0.340 e. The Morgan fingerprint density at radius 1 is 0.909 bits per heavy atom. The number of nitrogens with zero attached hydrogens (tertiary/aromatic N) is 3. The molecule has 0 aromatic heterocycles. The van der Waals surface area contributed by atoms with Crippen LogP contribution in [-0.4, -0.2) is 67.7 Å². The fourth-order valence-corrected chi connectivity index (χ4v) is 6.47. The Kier molecular flexibility index (Phi) is 7.97. The Hall–Kier alpha value is -1.64. The van der Waals surface area contributed by atoms with E-state index in [-0.39, 0.29) is 24.1 Å². The average Bonchev–Trinajstić information content (AvgIpc) is 2.82. The molecule has 0 saturated carbocycles. The van der Waals surface area contributed by atoms with Gasteiger partial charge in [0.05, 0.1) is 21.7 Å². The Bertz CT molecular complexity index is 1070. The van der Waals surface area contributed by atoms with E-state index in [0.717, 1.165) is 26.1 Å². The molecule has 2 aliphatic rings. The maximum atomic E-state index is 13.2. The summed E-state index contributed by atoms with van der Waals surface area (Å²) in [5.74, 6) is -0.366. The van der Waals surface area contributed by atoms with Gasteiger partial charge in [0.2, 0.25) is 15.9 Å². The highest BCUT2D eigenvalue weighted by Crippen LogP contribution is 2.27. The second-order valence-corrected chi connectivity index (χ2v) is 11.6. The molecule has 4 rings (SSSR count). The van der Waals surface area contributed by atoms with Crippen molar-refractivity contribution in [3.05, 3.63) is 69.7 Å². The van der Waals surface area contributed by atoms with Crippen molar-refractivity contribution in [2.24, 2.45) is 5.92 Å². The van der Waals surface area contributed by atoms with E-state index in [1.54, 1.807) is 18.2 Å². The van der Waals surface area contributed by atoms with Gasteiger partial charge in [-0.15, -0.1) is 0 Å². The first-order valence-corrected chi connectivity index (χ1v) is 13.6. The first-order chi connectivity index (χ1) is 15.8. The summed E-state index contributed by atoms with van der Waals surface area (Å²) in [7, 11) is -3.55. The molecule has 1 atom stereocenters. The summed E-state index contributed by atoms with van der Waals surface area (Å²) in [6.45, 7) is 4.58. The molecule has 2 saturated heterocycles. The van der Waals surface area contributed by atoms with Gasteiger partial charge >= 0.3 is 0 Å². The van der Waals surface area contributed by atoms with Crippen LogP contribution in [-0.2, 0) is 27.1 Å². The van der Waals surface area contributed by atoms with Gasteiger partial charge in [0.15, 0.2) is 0 Å². The van der Waals surface area contributed by atoms with E-state index in [2.05, 4.69) is 17.0 Å². The third kappa shape index (κ3) is 6.28. The van der Waals surface area contributed by atoms with E-state index in [0.29, 0.717) is 41.7 Å². The highest BCUT2D eigenvalue weighted by molar-refractivity contribution is 7.88. The number of sulfonamides is 1. The molecule has 2 aliphatic heterocycles. The SMILES string of the molecule is O=C([C@@H]1CCCN(S(=O)(=O)Cc2ccc(Cl)c(Cl)c2)C1)N1CCN(Cc2ccccc2)CC1. The number of carbonyl (C=O) groups excluding carboxylic acids is 1. The van der Waals surface area contributed by atoms with Crippen LogP contribution in [0, 0.1) is 5.92 Å². The Labute approximate surface area is 206 Å². The number of benzene rings is 2. The lowest BCUT2D eigenvalue weighted by Crippen LogP contribution is -2.52. The van der Waals surface area contributed by atoms with E-state index in [4.69, 9.17) is 23.2 Å². The fourth-order valence-electron chi connectivity index (χ4n) is 4.55. The van der Waals surface area contributed by atoms with Crippen LogP contribution in [0.25, 0.3) is 0 Å². The monoisotopic (exact) mass is 509 g/mol. The molecule has 9 heteroatoms. The van der Waals surface area contributed by atoms with Gasteiger partial charge in [-0.25, -0.2) is 12.7 Å². The predicted octanol–water partition coefficient (Wildman–Crippen LogP) is 3.88. The number of hydrogen-bond acceptors (Lipinski definition) is 4. The molecule has 0 bridgehead atoms. The molecular weight excluding hydrogens is 481 g/mol. The highest BCUT2D eigenvalue weighted by atomic mass is 35.5. The number of halogens is 2. The molecule has 0 spiro atoms. The van der Waals surface area contributed by atoms with Crippen molar-refractivity contribution in [3.8, 4) is 0 Å². The van der Waals surface area contributed by atoms with Crippen LogP contribution in [0.4, 0.5) is 0 Å². The second kappa shape index (κ2) is 10.7. The predicted molar refractivity (Wildman–Crippen MR) is 132 cm³/mol. The molecule has 178 valence electrons. The van der Waals surface area contributed by atoms with Gasteiger partial charge in [0.1, 0.15) is 0 Å². The van der Waals surface area contributed by atoms with E-state index in [1.807, 2.05) is 23.1 Å². The van der Waals surface area contributed by atoms with Crippen molar-refractivity contribution >= 4 is 39.1 Å². The standard InChI is InChI=1S/C24H29Cl2N3O3S/c25-22-9-8-20(15-23(22)26)18-33(31,32)29-10-4-7-21(17-29)24(30)28-13-11-27(12-14-28)16-19-5-2-1-3-6-19/h1-3,5-6,8-9,15,21H,4,7,10-14,16-18H2/t21-/m1/s1. The first kappa shape index (κ1) is 24.5. The van der Waals surface area contributed by atoms with Gasteiger partial charge in [-0.3, -0.25) is 9.69 Å². The fraction of sp³-hybridized carbons (Fsp3) is 0.458. The zero-order valence-corrected chi connectivity index (χ0v) is 20.8. The molecule has 2 heterocycles. The number of rotatable bonds is 6. The van der Waals surface area contributed by atoms with E-state index in [9.17, 15) is 13.2 Å². The van der Waals surface area contributed by atoms with Crippen LogP contribution in [0.2, 0.25) is 10.0 Å². The molecule has 0 radical (unpaired) electrons. The molecule has 33 heavy (non-hydrogen) atoms. The van der Waals surface area contributed by atoms with Crippen molar-refractivity contribution in [3.63, 3.8) is 0 Å². The van der Waals surface area contributed by atoms with Gasteiger partial charge in [-0.1, -0.05) is 59.6 Å². The summed E-state index contributed by atoms with van der Waals surface area (Å²) < 4.78 is 27.5. The molecule has 0 aliphatic carbocycles. The number of piperazine rings is 1. The number of carbonyl (C=O) groups is 1. The smallest absolute Gasteiger partial charge is 0.227 e. The zero-order chi connectivity index (χ0) is 23.4. The lowest BCUT2D eigenvalue weighted by atomic mass is 9.97. The Morgan fingerprint density at radius 2 is 1.64 bits per heavy atom. The van der Waals surface area contributed by atoms with Crippen LogP contribution in [0.3, 0.4) is 0 Å². The van der Waals surface area contributed by atoms with Crippen LogP contribution < -0.4 is 0 Å². The molecule has 0 unspecified atom stereocenters. The van der Waals surface area contributed by atoms with Crippen LogP contribution in [0.15, 0.2) is 48.5 Å². The summed E-state index contributed by atoms with van der Waals surface area (Å²) in [5.41, 5.74) is 1.86. The van der Waals surface area contributed by atoms with Gasteiger partial charge in [-0.05, 0) is 36.1 Å². The van der Waals surface area contributed by atoms with Gasteiger partial charge in [-0.2, -0.15) is 0 Å². The Balaban J connectivity index is 1.32. The topological polar surface area (TPSA) is 60.9 Å². The van der Waals surface area contributed by atoms with Gasteiger partial charge < -0.3 is 4.90 Å². The minimum atomic E-state index is -3.55. The van der Waals surface area contributed by atoms with Crippen molar-refractivity contribution in [2.75, 3.05) is 39.3 Å². The van der Waals surface area contributed by atoms with Crippen LogP contribution >= 0.6 is 23.2 Å². The third-order valence-electron chi connectivity index (χ3n) is 6.39. The maximum absolute atomic E-state index is 13.2. The largest absolute Gasteiger partial charge is 0.340 e. The first-order valence-electron chi connectivity index (χ1n) is 11.3. The quantitative estimate of drug-likeness (QED) is 0.592. The molecule has 0 N–H and O–H groups in total. The number of hydrogen-bond donors (Lipinski definition) is 0. The third-order valence-corrected chi connectivity index (χ3v) is 8.95. The second-order valence-electron chi connectivity index (χ2n) is 8.79. The lowest BCUT2D eigenvalue weighted by molar-refractivity contribution is -0.138. The molecule has 6 nitrogen and oxygen atoms in total. The Morgan fingerprint density at radius 3 is 2.33 bits per heavy atom. The van der Waals surface area contributed by atoms with Crippen molar-refractivity contribution in [1.82, 2.24) is 14.1 Å². The van der Waals surface area contributed by atoms with Crippen molar-refractivity contribution in [2.45, 2.75) is 25.1 Å². The number of piperidine rings is 1. The highest BCUT2D eigenvalue weighted by Gasteiger charge is 2.35. The van der Waals surface area contributed by atoms with E-state index < -0.39 is 10.0 Å². The summed E-state index contributed by atoms with van der Waals surface area (Å²) in [5, 5.41) is 0.729. The van der Waals surface area contributed by atoms with Gasteiger partial charge in [0.25, 0.3) is 0 Å². The summed E-state index contributed by atoms with van der Waals surface area (Å²) in [4.78, 5) is 17.4. The molecular formula is C24H29Cl2N3O3S. The minimum absolute atomic E-state index is 0.0730. The van der Waals surface area contributed by atoms with Crippen LogP contribution in [0.5, 0.6) is 0 Å².